The van der Waals surface area contributed by atoms with Crippen LogP contribution in [0.3, 0.4) is 0 Å². The van der Waals surface area contributed by atoms with E-state index >= 15 is 0 Å². The second-order valence-electron chi connectivity index (χ2n) is 20.3. The molecule has 1 heterocycles. The van der Waals surface area contributed by atoms with E-state index in [2.05, 4.69) is 43.7 Å². The van der Waals surface area contributed by atoms with Crippen molar-refractivity contribution in [3.8, 4) is 11.8 Å². The van der Waals surface area contributed by atoms with E-state index in [1.165, 1.54) is 12.0 Å². The molecule has 0 bridgehead atoms. The number of amides is 7. The number of carbonyl (C=O) groups is 8. The van der Waals surface area contributed by atoms with E-state index in [4.69, 9.17) is 18.9 Å². The molecule has 2 aromatic rings. The molecule has 4 atom stereocenters. The summed E-state index contributed by atoms with van der Waals surface area (Å²) in [5.41, 5.74) is -2.50. The molecule has 1 fully saturated rings. The van der Waals surface area contributed by atoms with Crippen molar-refractivity contribution in [1.82, 2.24) is 36.8 Å². The molecule has 0 spiro atoms. The Hall–Kier alpha value is -6.84. The SMILES string of the molecule is CC#CCC(NC(=O)[C@@H](Cc1ccccc1)NC(=O)[C@@H](Cc1ccccc1)NC(=O)OC(C)(C)C)C(=O)N[C@H](CCCCNC(=O)OC(C)(C)C)C(=O)N1CCC(NC(=O)OC(C)(C)C)(C(=O)OC)CC1. The summed E-state index contributed by atoms with van der Waals surface area (Å²) in [6, 6.07) is 13.0. The van der Waals surface area contributed by atoms with Gasteiger partial charge in [-0.05, 0) is 112 Å². The zero-order valence-electron chi connectivity index (χ0n) is 43.2. The Morgan fingerprint density at radius 1 is 0.606 bits per heavy atom. The first-order chi connectivity index (χ1) is 33.2. The highest BCUT2D eigenvalue weighted by Gasteiger charge is 2.46. The predicted molar refractivity (Wildman–Crippen MR) is 265 cm³/mol. The second kappa shape index (κ2) is 26.9. The van der Waals surface area contributed by atoms with Crippen molar-refractivity contribution in [1.29, 1.82) is 0 Å². The number of likely N-dealkylation sites (tertiary alicyclic amines) is 1. The minimum Gasteiger partial charge on any atom is -0.467 e. The van der Waals surface area contributed by atoms with E-state index in [0.29, 0.717) is 18.4 Å². The van der Waals surface area contributed by atoms with Crippen molar-refractivity contribution < 1.29 is 57.3 Å². The molecule has 1 saturated heterocycles. The molecule has 0 aliphatic carbocycles. The molecule has 0 saturated carbocycles. The van der Waals surface area contributed by atoms with Gasteiger partial charge in [-0.2, -0.15) is 0 Å². The number of unbranched alkanes of at least 4 members (excludes halogenated alkanes) is 1. The summed E-state index contributed by atoms with van der Waals surface area (Å²) in [6.45, 7) is 17.1. The van der Waals surface area contributed by atoms with Crippen LogP contribution >= 0.6 is 0 Å². The van der Waals surface area contributed by atoms with Gasteiger partial charge >= 0.3 is 24.2 Å². The van der Waals surface area contributed by atoms with Gasteiger partial charge < -0.3 is 55.7 Å². The highest BCUT2D eigenvalue weighted by molar-refractivity contribution is 5.96. The van der Waals surface area contributed by atoms with Crippen LogP contribution in [0.4, 0.5) is 14.4 Å². The van der Waals surface area contributed by atoms with Crippen LogP contribution in [0.5, 0.6) is 0 Å². The summed E-state index contributed by atoms with van der Waals surface area (Å²) in [6.07, 6.45) is -1.55. The van der Waals surface area contributed by atoms with Crippen LogP contribution in [0, 0.1) is 11.8 Å². The van der Waals surface area contributed by atoms with Gasteiger partial charge in [0.05, 0.1) is 7.11 Å². The Labute approximate surface area is 418 Å². The Balaban J connectivity index is 1.91. The predicted octanol–water partition coefficient (Wildman–Crippen LogP) is 4.99. The molecular weight excluding hydrogens is 915 g/mol. The number of hydrogen-bond donors (Lipinski definition) is 6. The standard InChI is InChI=1S/C52H75N7O12/c1-12-13-26-37(54-42(61)39(33-35-22-16-14-17-23-35)56-43(62)40(34-36-24-18-15-19-25-36)57-47(66)70-50(5,6)7)41(60)55-38(27-20-21-30-53-46(65)69-49(2,3)4)44(63)59-31-28-52(29-32-59,45(64)68-11)58-48(67)71-51(8,9)10/h14-19,22-25,37-40H,20-21,26-34H2,1-11H3,(H,53,65)(H,54,61)(H,55,60)(H,56,62)(H,57,66)(H,58,67)/t37?,38-,39-,40-/m1/s1. The lowest BCUT2D eigenvalue weighted by Crippen LogP contribution is -2.63. The number of rotatable bonds is 20. The molecule has 0 aromatic heterocycles. The molecule has 3 rings (SSSR count). The molecular formula is C52H75N7O12. The molecule has 6 N–H and O–H groups in total. The van der Waals surface area contributed by atoms with E-state index < -0.39 is 94.4 Å². The number of nitrogens with zero attached hydrogens (tertiary/aromatic N) is 1. The summed E-state index contributed by atoms with van der Waals surface area (Å²) in [4.78, 5) is 110. The van der Waals surface area contributed by atoms with Crippen molar-refractivity contribution >= 4 is 47.9 Å². The lowest BCUT2D eigenvalue weighted by atomic mass is 9.87. The van der Waals surface area contributed by atoms with E-state index in [0.717, 1.165) is 5.56 Å². The van der Waals surface area contributed by atoms with E-state index in [-0.39, 0.29) is 58.2 Å². The highest BCUT2D eigenvalue weighted by atomic mass is 16.6. The normalized spacial score (nSPS) is 15.1. The zero-order chi connectivity index (χ0) is 53.0. The summed E-state index contributed by atoms with van der Waals surface area (Å²) in [5.74, 6) is 2.24. The average Bonchev–Trinajstić information content (AvgIpc) is 3.27. The first kappa shape index (κ1) is 58.5. The molecule has 1 aliphatic rings. The van der Waals surface area contributed by atoms with Gasteiger partial charge in [-0.1, -0.05) is 60.7 Å². The molecule has 71 heavy (non-hydrogen) atoms. The van der Waals surface area contributed by atoms with Crippen LogP contribution in [0.15, 0.2) is 60.7 Å². The first-order valence-electron chi connectivity index (χ1n) is 24.0. The smallest absolute Gasteiger partial charge is 0.408 e. The van der Waals surface area contributed by atoms with Crippen molar-refractivity contribution in [2.24, 2.45) is 0 Å². The number of ether oxygens (including phenoxy) is 4. The Morgan fingerprint density at radius 3 is 1.55 bits per heavy atom. The topological polar surface area (TPSA) is 249 Å². The van der Waals surface area contributed by atoms with Gasteiger partial charge in [-0.15, -0.1) is 11.8 Å². The number of benzene rings is 2. The van der Waals surface area contributed by atoms with Gasteiger partial charge in [0.2, 0.25) is 23.6 Å². The Kier molecular flexibility index (Phi) is 22.2. The Morgan fingerprint density at radius 2 is 1.06 bits per heavy atom. The van der Waals surface area contributed by atoms with Gasteiger partial charge in [-0.3, -0.25) is 19.2 Å². The quantitative estimate of drug-likeness (QED) is 0.0445. The number of carbonyl (C=O) groups excluding carboxylic acids is 8. The molecule has 19 nitrogen and oxygen atoms in total. The van der Waals surface area contributed by atoms with Crippen LogP contribution in [-0.4, -0.2) is 126 Å². The third-order valence-electron chi connectivity index (χ3n) is 10.8. The van der Waals surface area contributed by atoms with Crippen LogP contribution in [0.2, 0.25) is 0 Å². The van der Waals surface area contributed by atoms with Crippen molar-refractivity contribution in [3.05, 3.63) is 71.8 Å². The fraction of sp³-hybridized carbons (Fsp3) is 0.577. The maximum absolute atomic E-state index is 14.5. The van der Waals surface area contributed by atoms with E-state index in [1.54, 1.807) is 124 Å². The summed E-state index contributed by atoms with van der Waals surface area (Å²) in [7, 11) is 1.20. The molecule has 0 radical (unpaired) electrons. The molecule has 19 heteroatoms. The van der Waals surface area contributed by atoms with Crippen molar-refractivity contribution in [2.45, 2.75) is 167 Å². The maximum Gasteiger partial charge on any atom is 0.408 e. The first-order valence-corrected chi connectivity index (χ1v) is 24.0. The lowest BCUT2D eigenvalue weighted by Gasteiger charge is -2.41. The number of hydrogen-bond acceptors (Lipinski definition) is 12. The molecule has 2 aromatic carbocycles. The third kappa shape index (κ3) is 21.4. The van der Waals surface area contributed by atoms with Gasteiger partial charge in [0, 0.05) is 38.9 Å². The summed E-state index contributed by atoms with van der Waals surface area (Å²) >= 11 is 0. The van der Waals surface area contributed by atoms with E-state index in [9.17, 15) is 38.4 Å². The zero-order valence-corrected chi connectivity index (χ0v) is 43.2. The number of alkyl carbamates (subject to hydrolysis) is 3. The minimum absolute atomic E-state index is 0.0000448. The third-order valence-corrected chi connectivity index (χ3v) is 10.8. The number of methoxy groups -OCH3 is 1. The van der Waals surface area contributed by atoms with Crippen LogP contribution in [-0.2, 0) is 55.8 Å². The average molecular weight is 990 g/mol. The summed E-state index contributed by atoms with van der Waals surface area (Å²) in [5, 5.41) is 16.4. The minimum atomic E-state index is -1.49. The maximum atomic E-state index is 14.5. The van der Waals surface area contributed by atoms with Gasteiger partial charge in [0.15, 0.2) is 0 Å². The van der Waals surface area contributed by atoms with Crippen LogP contribution in [0.25, 0.3) is 0 Å². The van der Waals surface area contributed by atoms with Crippen molar-refractivity contribution in [2.75, 3.05) is 26.7 Å². The van der Waals surface area contributed by atoms with Gasteiger partial charge in [0.25, 0.3) is 0 Å². The molecule has 7 amide bonds. The fourth-order valence-electron chi connectivity index (χ4n) is 7.44. The van der Waals surface area contributed by atoms with Gasteiger partial charge in [-0.25, -0.2) is 19.2 Å². The van der Waals surface area contributed by atoms with E-state index in [1.807, 2.05) is 6.07 Å². The van der Waals surface area contributed by atoms with Crippen LogP contribution < -0.4 is 31.9 Å². The molecule has 1 aliphatic heterocycles. The molecule has 1 unspecified atom stereocenters. The number of esters is 1. The lowest BCUT2D eigenvalue weighted by molar-refractivity contribution is -0.153. The van der Waals surface area contributed by atoms with Gasteiger partial charge in [0.1, 0.15) is 46.5 Å². The van der Waals surface area contributed by atoms with Crippen LogP contribution in [0.1, 0.15) is 119 Å². The number of nitrogens with one attached hydrogen (secondary N) is 6. The highest BCUT2D eigenvalue weighted by Crippen LogP contribution is 2.26. The summed E-state index contributed by atoms with van der Waals surface area (Å²) < 4.78 is 21.3. The largest absolute Gasteiger partial charge is 0.467 e. The number of piperidine rings is 1. The Bertz CT molecular complexity index is 2180. The fourth-order valence-corrected chi connectivity index (χ4v) is 7.44. The molecule has 390 valence electrons. The second-order valence-corrected chi connectivity index (χ2v) is 20.3. The van der Waals surface area contributed by atoms with Crippen molar-refractivity contribution in [3.63, 3.8) is 0 Å². The monoisotopic (exact) mass is 990 g/mol.